The fourth-order valence-electron chi connectivity index (χ4n) is 5.28. The van der Waals surface area contributed by atoms with Crippen molar-refractivity contribution in [1.29, 1.82) is 0 Å². The highest BCUT2D eigenvalue weighted by Crippen LogP contribution is 2.37. The Hall–Kier alpha value is -3.71. The maximum atomic E-state index is 14.2. The molecule has 3 aromatic carbocycles. The Balaban J connectivity index is 1.63. The largest absolute Gasteiger partial charge is 0.407 e. The maximum absolute atomic E-state index is 14.2. The summed E-state index contributed by atoms with van der Waals surface area (Å²) in [7, 11) is -2.64. The van der Waals surface area contributed by atoms with Gasteiger partial charge in [-0.3, -0.25) is 0 Å². The maximum Gasteiger partial charge on any atom is 0.261 e. The first-order valence-electron chi connectivity index (χ1n) is 12.9. The molecule has 0 aliphatic heterocycles. The van der Waals surface area contributed by atoms with E-state index in [0.29, 0.717) is 13.0 Å². The summed E-state index contributed by atoms with van der Waals surface area (Å²) in [5, 5.41) is 6.10. The predicted molar refractivity (Wildman–Crippen MR) is 152 cm³/mol. The highest BCUT2D eigenvalue weighted by atomic mass is 28.4. The lowest BCUT2D eigenvalue weighted by molar-refractivity contribution is 0.280. The zero-order chi connectivity index (χ0) is 27.0. The van der Waals surface area contributed by atoms with Gasteiger partial charge in [-0.25, -0.2) is 9.37 Å². The van der Waals surface area contributed by atoms with Crippen LogP contribution in [0.3, 0.4) is 0 Å². The first-order chi connectivity index (χ1) is 18.4. The van der Waals surface area contributed by atoms with Gasteiger partial charge in [0.05, 0.1) is 18.9 Å². The fourth-order valence-corrected chi connectivity index (χ4v) is 9.89. The minimum absolute atomic E-state index is 0.107. The number of imidazole rings is 1. The summed E-state index contributed by atoms with van der Waals surface area (Å²) in [5.41, 5.74) is 10.4. The van der Waals surface area contributed by atoms with Crippen molar-refractivity contribution < 1.29 is 8.82 Å². The molecule has 1 unspecified atom stereocenters. The minimum Gasteiger partial charge on any atom is -0.407 e. The number of azide groups is 1. The fraction of sp³-hybridized carbons (Fsp3) is 0.300. The smallest absolute Gasteiger partial charge is 0.261 e. The van der Waals surface area contributed by atoms with Crippen LogP contribution in [0.25, 0.3) is 10.4 Å². The molecule has 196 valence electrons. The molecule has 0 N–H and O–H groups in total. The summed E-state index contributed by atoms with van der Waals surface area (Å²) in [6.45, 7) is 7.53. The minimum atomic E-state index is -2.64. The van der Waals surface area contributed by atoms with Crippen LogP contribution in [-0.2, 0) is 11.0 Å². The lowest BCUT2D eigenvalue weighted by Gasteiger charge is -2.43. The van der Waals surface area contributed by atoms with E-state index in [1.54, 1.807) is 24.7 Å². The number of hydrogen-bond donors (Lipinski definition) is 0. The van der Waals surface area contributed by atoms with E-state index in [-0.39, 0.29) is 23.4 Å². The Morgan fingerprint density at radius 1 is 1.00 bits per heavy atom. The van der Waals surface area contributed by atoms with Gasteiger partial charge in [0, 0.05) is 23.4 Å². The molecule has 0 spiro atoms. The third kappa shape index (κ3) is 5.88. The van der Waals surface area contributed by atoms with Gasteiger partial charge >= 0.3 is 0 Å². The first kappa shape index (κ1) is 27.3. The lowest BCUT2D eigenvalue weighted by atomic mass is 10.0. The normalized spacial score (nSPS) is 12.6. The Kier molecular flexibility index (Phi) is 8.79. The predicted octanol–water partition coefficient (Wildman–Crippen LogP) is 6.78. The van der Waals surface area contributed by atoms with Crippen molar-refractivity contribution in [2.24, 2.45) is 5.11 Å². The van der Waals surface area contributed by atoms with Crippen molar-refractivity contribution in [1.82, 2.24) is 9.55 Å². The molecule has 0 aliphatic rings. The molecule has 0 amide bonds. The standard InChI is InChI=1S/C30H34FN5OSi/c1-30(2,3)38(27-14-6-4-7-15-27,28-16-8-5-9-17-28)37-19-11-18-29(24-12-10-13-25(31)20-24)36-23-33-21-26(36)22-34-35-32/h4-10,12-17,20-21,23,29H,11,18-19,22H2,1-3H3. The van der Waals surface area contributed by atoms with Gasteiger partial charge < -0.3 is 8.99 Å². The van der Waals surface area contributed by atoms with Crippen LogP contribution in [0.15, 0.2) is 103 Å². The molecule has 6 nitrogen and oxygen atoms in total. The summed E-state index contributed by atoms with van der Waals surface area (Å²) in [6.07, 6.45) is 4.88. The molecule has 0 fully saturated rings. The van der Waals surface area contributed by atoms with Crippen LogP contribution in [0.4, 0.5) is 4.39 Å². The van der Waals surface area contributed by atoms with Crippen LogP contribution in [0.2, 0.25) is 5.04 Å². The van der Waals surface area contributed by atoms with Crippen LogP contribution in [0.1, 0.15) is 50.9 Å². The van der Waals surface area contributed by atoms with Crippen molar-refractivity contribution >= 4 is 18.7 Å². The number of nitrogens with zero attached hydrogens (tertiary/aromatic N) is 5. The van der Waals surface area contributed by atoms with Gasteiger partial charge in [-0.2, -0.15) is 0 Å². The zero-order valence-corrected chi connectivity index (χ0v) is 23.2. The Labute approximate surface area is 224 Å². The van der Waals surface area contributed by atoms with Gasteiger partial charge in [-0.05, 0) is 51.5 Å². The van der Waals surface area contributed by atoms with E-state index in [9.17, 15) is 4.39 Å². The second-order valence-electron chi connectivity index (χ2n) is 10.4. The Morgan fingerprint density at radius 2 is 1.66 bits per heavy atom. The molecular weight excluding hydrogens is 493 g/mol. The van der Waals surface area contributed by atoms with Crippen LogP contribution in [0.5, 0.6) is 0 Å². The molecule has 1 atom stereocenters. The van der Waals surface area contributed by atoms with E-state index in [1.807, 2.05) is 22.8 Å². The molecule has 0 saturated heterocycles. The molecule has 0 aliphatic carbocycles. The van der Waals surface area contributed by atoms with Gasteiger partial charge in [0.25, 0.3) is 8.32 Å². The molecule has 4 aromatic rings. The van der Waals surface area contributed by atoms with Crippen LogP contribution in [-0.4, -0.2) is 24.5 Å². The van der Waals surface area contributed by atoms with E-state index in [2.05, 4.69) is 84.3 Å². The Morgan fingerprint density at radius 3 is 2.24 bits per heavy atom. The second kappa shape index (κ2) is 12.2. The number of benzene rings is 3. The number of hydrogen-bond acceptors (Lipinski definition) is 3. The van der Waals surface area contributed by atoms with Crippen LogP contribution >= 0.6 is 0 Å². The Bertz CT molecular complexity index is 1320. The van der Waals surface area contributed by atoms with E-state index >= 15 is 0 Å². The summed E-state index contributed by atoms with van der Waals surface area (Å²) < 4.78 is 23.3. The van der Waals surface area contributed by atoms with E-state index in [1.165, 1.54) is 16.4 Å². The summed E-state index contributed by atoms with van der Waals surface area (Å²) in [4.78, 5) is 7.17. The van der Waals surface area contributed by atoms with E-state index in [4.69, 9.17) is 9.96 Å². The molecule has 0 saturated carbocycles. The van der Waals surface area contributed by atoms with Gasteiger partial charge in [0.1, 0.15) is 5.82 Å². The van der Waals surface area contributed by atoms with E-state index in [0.717, 1.165) is 17.7 Å². The number of rotatable bonds is 11. The summed E-state index contributed by atoms with van der Waals surface area (Å²) in [6, 6.07) is 27.7. The van der Waals surface area contributed by atoms with Crippen molar-refractivity contribution in [3.05, 3.63) is 125 Å². The molecule has 1 aromatic heterocycles. The second-order valence-corrected chi connectivity index (χ2v) is 14.7. The topological polar surface area (TPSA) is 75.8 Å². The van der Waals surface area contributed by atoms with Gasteiger partial charge in [0.2, 0.25) is 0 Å². The number of aromatic nitrogens is 2. The summed E-state index contributed by atoms with van der Waals surface area (Å²) in [5.74, 6) is -0.284. The van der Waals surface area contributed by atoms with Crippen molar-refractivity contribution in [2.45, 2.75) is 51.2 Å². The van der Waals surface area contributed by atoms with Crippen LogP contribution < -0.4 is 10.4 Å². The van der Waals surface area contributed by atoms with Gasteiger partial charge in [-0.1, -0.05) is 98.7 Å². The zero-order valence-electron chi connectivity index (χ0n) is 22.2. The summed E-state index contributed by atoms with van der Waals surface area (Å²) >= 11 is 0. The highest BCUT2D eigenvalue weighted by molar-refractivity contribution is 6.99. The average Bonchev–Trinajstić information content (AvgIpc) is 3.38. The molecule has 4 rings (SSSR count). The van der Waals surface area contributed by atoms with Gasteiger partial charge in [-0.15, -0.1) is 0 Å². The van der Waals surface area contributed by atoms with Crippen molar-refractivity contribution in [2.75, 3.05) is 6.61 Å². The molecule has 1 heterocycles. The SMILES string of the molecule is CC(C)(C)[Si](OCCCC(c1cccc(F)c1)n1cncc1CN=[N+]=[N-])(c1ccccc1)c1ccccc1. The van der Waals surface area contributed by atoms with Crippen molar-refractivity contribution in [3.63, 3.8) is 0 Å². The quantitative estimate of drug-likeness (QED) is 0.0709. The van der Waals surface area contributed by atoms with Crippen molar-refractivity contribution in [3.8, 4) is 0 Å². The highest BCUT2D eigenvalue weighted by Gasteiger charge is 2.49. The van der Waals surface area contributed by atoms with Gasteiger partial charge in [0.15, 0.2) is 0 Å². The third-order valence-corrected chi connectivity index (χ3v) is 12.0. The molecule has 0 radical (unpaired) electrons. The molecule has 8 heteroatoms. The number of halogens is 1. The first-order valence-corrected chi connectivity index (χ1v) is 14.8. The van der Waals surface area contributed by atoms with E-state index < -0.39 is 8.32 Å². The molecule has 0 bridgehead atoms. The average molecular weight is 528 g/mol. The third-order valence-electron chi connectivity index (χ3n) is 6.97. The van der Waals surface area contributed by atoms with Crippen LogP contribution in [0, 0.1) is 5.82 Å². The molecule has 38 heavy (non-hydrogen) atoms. The lowest BCUT2D eigenvalue weighted by Crippen LogP contribution is -2.66. The molecular formula is C30H34FN5OSi. The monoisotopic (exact) mass is 527 g/mol.